The van der Waals surface area contributed by atoms with Crippen molar-refractivity contribution in [2.45, 2.75) is 45.6 Å². The number of hydrogen-bond donors (Lipinski definition) is 1. The van der Waals surface area contributed by atoms with Crippen LogP contribution in [0.4, 0.5) is 11.4 Å². The minimum atomic E-state index is -3.52. The van der Waals surface area contributed by atoms with Gasteiger partial charge < -0.3 is 19.7 Å². The molecule has 2 aromatic carbocycles. The second kappa shape index (κ2) is 11.4. The van der Waals surface area contributed by atoms with E-state index in [2.05, 4.69) is 41.4 Å². The highest BCUT2D eigenvalue weighted by Crippen LogP contribution is 2.34. The van der Waals surface area contributed by atoms with Gasteiger partial charge in [-0.3, -0.25) is 9.10 Å². The summed E-state index contributed by atoms with van der Waals surface area (Å²) in [5.74, 6) is 1.82. The third kappa shape index (κ3) is 6.63. The second-order valence-electron chi connectivity index (χ2n) is 9.82. The minimum Gasteiger partial charge on any atom is -0.486 e. The van der Waals surface area contributed by atoms with Crippen molar-refractivity contribution < 1.29 is 22.7 Å². The van der Waals surface area contributed by atoms with Crippen LogP contribution in [0.1, 0.15) is 51.1 Å². The van der Waals surface area contributed by atoms with E-state index in [-0.39, 0.29) is 24.9 Å². The maximum Gasteiger partial charge on any atom is 0.232 e. The Labute approximate surface area is 214 Å². The Hall–Kier alpha value is -2.94. The minimum absolute atomic E-state index is 0.104. The zero-order valence-corrected chi connectivity index (χ0v) is 22.2. The lowest BCUT2D eigenvalue weighted by Gasteiger charge is -2.32. The number of anilines is 2. The molecule has 0 aromatic heterocycles. The number of hydrogen-bond acceptors (Lipinski definition) is 6. The molecule has 1 saturated heterocycles. The molecule has 0 saturated carbocycles. The summed E-state index contributed by atoms with van der Waals surface area (Å²) in [5, 5.41) is 3.04. The summed E-state index contributed by atoms with van der Waals surface area (Å²) in [5.41, 5.74) is 2.77. The Morgan fingerprint density at radius 1 is 1.08 bits per heavy atom. The molecule has 0 bridgehead atoms. The van der Waals surface area contributed by atoms with Crippen molar-refractivity contribution in [3.63, 3.8) is 0 Å². The number of piperidine rings is 1. The van der Waals surface area contributed by atoms with Crippen LogP contribution in [0.5, 0.6) is 11.5 Å². The topological polar surface area (TPSA) is 88.2 Å². The van der Waals surface area contributed by atoms with E-state index in [0.29, 0.717) is 36.8 Å². The summed E-state index contributed by atoms with van der Waals surface area (Å²) in [6.45, 7) is 7.54. The number of nitrogens with zero attached hydrogens (tertiary/aromatic N) is 2. The van der Waals surface area contributed by atoms with E-state index >= 15 is 0 Å². The first-order valence-electron chi connectivity index (χ1n) is 12.7. The first-order chi connectivity index (χ1) is 17.2. The predicted molar refractivity (Wildman–Crippen MR) is 142 cm³/mol. The first kappa shape index (κ1) is 26.1. The SMILES string of the molecule is CC1CCN(c2ccc([C@@H](C)NC(=O)CCCN(c3ccc4c(c3)OCCO4)S(C)(=O)=O)cc2)CC1. The summed E-state index contributed by atoms with van der Waals surface area (Å²) in [7, 11) is -3.52. The molecule has 4 rings (SSSR count). The Bertz CT molecular complexity index is 1140. The van der Waals surface area contributed by atoms with Gasteiger partial charge >= 0.3 is 0 Å². The zero-order chi connectivity index (χ0) is 25.7. The molecule has 0 spiro atoms. The van der Waals surface area contributed by atoms with Crippen molar-refractivity contribution in [2.75, 3.05) is 48.3 Å². The van der Waals surface area contributed by atoms with Gasteiger partial charge in [-0.25, -0.2) is 8.42 Å². The smallest absolute Gasteiger partial charge is 0.232 e. The summed E-state index contributed by atoms with van der Waals surface area (Å²) in [6, 6.07) is 13.4. The molecule has 0 aliphatic carbocycles. The van der Waals surface area contributed by atoms with Crippen LogP contribution in [0.15, 0.2) is 42.5 Å². The fourth-order valence-electron chi connectivity index (χ4n) is 4.69. The molecule has 2 aliphatic rings. The van der Waals surface area contributed by atoms with Gasteiger partial charge in [0, 0.05) is 37.8 Å². The van der Waals surface area contributed by atoms with E-state index in [0.717, 1.165) is 24.6 Å². The van der Waals surface area contributed by atoms with E-state index in [1.807, 2.05) is 6.92 Å². The number of amides is 1. The average Bonchev–Trinajstić information content (AvgIpc) is 2.86. The molecule has 2 heterocycles. The molecule has 36 heavy (non-hydrogen) atoms. The van der Waals surface area contributed by atoms with Crippen molar-refractivity contribution in [1.82, 2.24) is 5.32 Å². The van der Waals surface area contributed by atoms with Crippen LogP contribution in [0.2, 0.25) is 0 Å². The Morgan fingerprint density at radius 2 is 1.75 bits per heavy atom. The van der Waals surface area contributed by atoms with Gasteiger partial charge in [0.05, 0.1) is 18.0 Å². The molecule has 1 atom stereocenters. The van der Waals surface area contributed by atoms with Gasteiger partial charge in [-0.15, -0.1) is 0 Å². The van der Waals surface area contributed by atoms with Gasteiger partial charge in [-0.1, -0.05) is 19.1 Å². The van der Waals surface area contributed by atoms with Crippen LogP contribution in [-0.4, -0.2) is 53.4 Å². The molecule has 2 aromatic rings. The second-order valence-corrected chi connectivity index (χ2v) is 11.7. The van der Waals surface area contributed by atoms with Gasteiger partial charge in [-0.2, -0.15) is 0 Å². The van der Waals surface area contributed by atoms with Crippen LogP contribution in [-0.2, 0) is 14.8 Å². The van der Waals surface area contributed by atoms with Crippen molar-refractivity contribution in [3.8, 4) is 11.5 Å². The Kier molecular flexibility index (Phi) is 8.28. The van der Waals surface area contributed by atoms with Gasteiger partial charge in [0.2, 0.25) is 15.9 Å². The van der Waals surface area contributed by atoms with Crippen LogP contribution >= 0.6 is 0 Å². The number of benzene rings is 2. The molecule has 1 fully saturated rings. The predicted octanol–water partition coefficient (Wildman–Crippen LogP) is 4.12. The van der Waals surface area contributed by atoms with Crippen LogP contribution < -0.4 is 24.0 Å². The zero-order valence-electron chi connectivity index (χ0n) is 21.4. The Balaban J connectivity index is 1.29. The number of nitrogens with one attached hydrogen (secondary N) is 1. The van der Waals surface area contributed by atoms with Crippen molar-refractivity contribution >= 4 is 27.3 Å². The molecular weight excluding hydrogens is 478 g/mol. The molecule has 0 radical (unpaired) electrons. The number of rotatable bonds is 9. The largest absolute Gasteiger partial charge is 0.486 e. The quantitative estimate of drug-likeness (QED) is 0.541. The lowest BCUT2D eigenvalue weighted by Crippen LogP contribution is -2.33. The summed E-state index contributed by atoms with van der Waals surface area (Å²) < 4.78 is 37.3. The number of sulfonamides is 1. The lowest BCUT2D eigenvalue weighted by molar-refractivity contribution is -0.121. The van der Waals surface area contributed by atoms with Crippen molar-refractivity contribution in [3.05, 3.63) is 48.0 Å². The third-order valence-electron chi connectivity index (χ3n) is 6.90. The highest BCUT2D eigenvalue weighted by molar-refractivity contribution is 7.92. The lowest BCUT2D eigenvalue weighted by atomic mass is 9.98. The molecule has 9 heteroatoms. The van der Waals surface area contributed by atoms with E-state index in [9.17, 15) is 13.2 Å². The third-order valence-corrected chi connectivity index (χ3v) is 8.09. The van der Waals surface area contributed by atoms with E-state index in [1.165, 1.54) is 29.1 Å². The van der Waals surface area contributed by atoms with Crippen LogP contribution in [0.25, 0.3) is 0 Å². The van der Waals surface area contributed by atoms with Gasteiger partial charge in [0.25, 0.3) is 0 Å². The first-order valence-corrected chi connectivity index (χ1v) is 14.6. The van der Waals surface area contributed by atoms with Gasteiger partial charge in [0.15, 0.2) is 11.5 Å². The van der Waals surface area contributed by atoms with Gasteiger partial charge in [0.1, 0.15) is 13.2 Å². The standard InChI is InChI=1S/C27H37N3O5S/c1-20-12-15-29(16-13-20)23-8-6-22(7-9-23)21(2)28-27(31)5-4-14-30(36(3,32)33)24-10-11-25-26(19-24)35-18-17-34-25/h6-11,19-21H,4-5,12-18H2,1-3H3,(H,28,31)/t21-/m1/s1. The number of carbonyl (C=O) groups excluding carboxylic acids is 1. The fraction of sp³-hybridized carbons (Fsp3) is 0.519. The van der Waals surface area contributed by atoms with E-state index in [4.69, 9.17) is 9.47 Å². The average molecular weight is 516 g/mol. The summed E-state index contributed by atoms with van der Waals surface area (Å²) in [4.78, 5) is 15.0. The van der Waals surface area contributed by atoms with E-state index < -0.39 is 10.0 Å². The number of fused-ring (bicyclic) bond motifs is 1. The van der Waals surface area contributed by atoms with Gasteiger partial charge in [-0.05, 0) is 61.9 Å². The van der Waals surface area contributed by atoms with Crippen LogP contribution in [0, 0.1) is 5.92 Å². The Morgan fingerprint density at radius 3 is 2.42 bits per heavy atom. The monoisotopic (exact) mass is 515 g/mol. The van der Waals surface area contributed by atoms with Crippen molar-refractivity contribution in [2.24, 2.45) is 5.92 Å². The molecule has 1 N–H and O–H groups in total. The maximum atomic E-state index is 12.6. The van der Waals surface area contributed by atoms with Crippen LogP contribution in [0.3, 0.4) is 0 Å². The normalized spacial score (nSPS) is 16.9. The summed E-state index contributed by atoms with van der Waals surface area (Å²) in [6.07, 6.45) is 4.23. The molecular formula is C27H37N3O5S. The maximum absolute atomic E-state index is 12.6. The fourth-order valence-corrected chi connectivity index (χ4v) is 5.65. The highest BCUT2D eigenvalue weighted by Gasteiger charge is 2.21. The molecule has 1 amide bonds. The molecule has 0 unspecified atom stereocenters. The highest BCUT2D eigenvalue weighted by atomic mass is 32.2. The number of ether oxygens (including phenoxy) is 2. The molecule has 196 valence electrons. The van der Waals surface area contributed by atoms with E-state index in [1.54, 1.807) is 18.2 Å². The number of carbonyl (C=O) groups is 1. The molecule has 2 aliphatic heterocycles. The summed E-state index contributed by atoms with van der Waals surface area (Å²) >= 11 is 0. The van der Waals surface area contributed by atoms with Crippen molar-refractivity contribution in [1.29, 1.82) is 0 Å². The molecule has 8 nitrogen and oxygen atoms in total.